The molecular weight excluding hydrogens is 270 g/mol. The number of aromatic nitrogens is 3. The minimum atomic E-state index is -0.239. The van der Waals surface area contributed by atoms with Crippen LogP contribution in [0.2, 0.25) is 5.15 Å². The van der Waals surface area contributed by atoms with Crippen molar-refractivity contribution < 1.29 is 14.3 Å². The lowest BCUT2D eigenvalue weighted by Crippen LogP contribution is -2.09. The summed E-state index contributed by atoms with van der Waals surface area (Å²) >= 11 is 6.03. The molecule has 0 spiro atoms. The lowest BCUT2D eigenvalue weighted by molar-refractivity contribution is -0.143. The minimum Gasteiger partial charge on any atom is -0.467 e. The summed E-state index contributed by atoms with van der Waals surface area (Å²) in [4.78, 5) is 19.6. The highest BCUT2D eigenvalue weighted by Crippen LogP contribution is 2.23. The predicted molar refractivity (Wildman–Crippen MR) is 70.3 cm³/mol. The molecule has 0 unspecified atom stereocenters. The van der Waals surface area contributed by atoms with Gasteiger partial charge in [0.15, 0.2) is 0 Å². The molecule has 0 aliphatic carbocycles. The second kappa shape index (κ2) is 5.88. The number of esters is 1. The van der Waals surface area contributed by atoms with E-state index in [0.29, 0.717) is 24.0 Å². The highest BCUT2D eigenvalue weighted by atomic mass is 35.5. The van der Waals surface area contributed by atoms with Crippen molar-refractivity contribution in [2.45, 2.75) is 19.9 Å². The zero-order chi connectivity index (χ0) is 13.8. The van der Waals surface area contributed by atoms with E-state index in [1.165, 1.54) is 7.11 Å². The Kier molecular flexibility index (Phi) is 4.21. The maximum atomic E-state index is 11.3. The van der Waals surface area contributed by atoms with E-state index in [4.69, 9.17) is 21.1 Å². The molecule has 0 radical (unpaired) electrons. The molecule has 19 heavy (non-hydrogen) atoms. The lowest BCUT2D eigenvalue weighted by Gasteiger charge is -2.06. The summed E-state index contributed by atoms with van der Waals surface area (Å²) < 4.78 is 11.7. The molecular formula is C12H14ClN3O3. The molecule has 0 saturated carbocycles. The minimum absolute atomic E-state index is 0.202. The molecule has 0 aliphatic rings. The second-order valence-corrected chi connectivity index (χ2v) is 4.16. The summed E-state index contributed by atoms with van der Waals surface area (Å²) in [6.45, 7) is 2.63. The van der Waals surface area contributed by atoms with Crippen molar-refractivity contribution in [2.24, 2.45) is 0 Å². The SMILES string of the molecule is CCOC(=O)CCn1ccc2c(Cl)nc(OC)nc21. The number of rotatable bonds is 5. The number of carbonyl (C=O) groups excluding carboxylic acids is 1. The fraction of sp³-hybridized carbons (Fsp3) is 0.417. The monoisotopic (exact) mass is 283 g/mol. The van der Waals surface area contributed by atoms with Crippen molar-refractivity contribution in [1.82, 2.24) is 14.5 Å². The molecule has 7 heteroatoms. The Bertz CT molecular complexity index is 597. The van der Waals surface area contributed by atoms with E-state index in [1.807, 2.05) is 16.8 Å². The topological polar surface area (TPSA) is 66.2 Å². The summed E-state index contributed by atoms with van der Waals surface area (Å²) in [5, 5.41) is 1.06. The van der Waals surface area contributed by atoms with Crippen LogP contribution in [-0.4, -0.2) is 34.2 Å². The molecule has 2 aromatic rings. The van der Waals surface area contributed by atoms with Crippen molar-refractivity contribution in [3.8, 4) is 6.01 Å². The molecule has 0 amide bonds. The summed E-state index contributed by atoms with van der Waals surface area (Å²) in [7, 11) is 1.48. The van der Waals surface area contributed by atoms with E-state index in [9.17, 15) is 4.79 Å². The molecule has 6 nitrogen and oxygen atoms in total. The van der Waals surface area contributed by atoms with Gasteiger partial charge in [-0.2, -0.15) is 9.97 Å². The van der Waals surface area contributed by atoms with Crippen LogP contribution in [0.25, 0.3) is 11.0 Å². The molecule has 2 aromatic heterocycles. The smallest absolute Gasteiger partial charge is 0.319 e. The van der Waals surface area contributed by atoms with Crippen LogP contribution in [0.3, 0.4) is 0 Å². The van der Waals surface area contributed by atoms with Crippen LogP contribution in [0.5, 0.6) is 6.01 Å². The van der Waals surface area contributed by atoms with Gasteiger partial charge < -0.3 is 14.0 Å². The average Bonchev–Trinajstić information content (AvgIpc) is 2.80. The molecule has 2 rings (SSSR count). The molecule has 0 aliphatic heterocycles. The molecule has 0 fully saturated rings. The Labute approximate surface area is 115 Å². The number of hydrogen-bond donors (Lipinski definition) is 0. The first-order valence-corrected chi connectivity index (χ1v) is 6.25. The van der Waals surface area contributed by atoms with Gasteiger partial charge in [-0.1, -0.05) is 11.6 Å². The normalized spacial score (nSPS) is 10.7. The Balaban J connectivity index is 2.24. The van der Waals surface area contributed by atoms with Gasteiger partial charge in [-0.05, 0) is 13.0 Å². The van der Waals surface area contributed by atoms with E-state index in [0.717, 1.165) is 5.39 Å². The first-order chi connectivity index (χ1) is 9.15. The highest BCUT2D eigenvalue weighted by Gasteiger charge is 2.11. The number of methoxy groups -OCH3 is 1. The fourth-order valence-corrected chi connectivity index (χ4v) is 1.95. The van der Waals surface area contributed by atoms with Crippen LogP contribution in [0, 0.1) is 0 Å². The van der Waals surface area contributed by atoms with Crippen LogP contribution in [0.1, 0.15) is 13.3 Å². The molecule has 0 atom stereocenters. The van der Waals surface area contributed by atoms with Gasteiger partial charge >= 0.3 is 12.0 Å². The third-order valence-corrected chi connectivity index (χ3v) is 2.88. The quantitative estimate of drug-likeness (QED) is 0.620. The van der Waals surface area contributed by atoms with Crippen LogP contribution in [-0.2, 0) is 16.1 Å². The summed E-state index contributed by atoms with van der Waals surface area (Å²) in [6, 6.07) is 2.01. The second-order valence-electron chi connectivity index (χ2n) is 3.80. The Morgan fingerprint density at radius 3 is 2.95 bits per heavy atom. The molecule has 2 heterocycles. The summed E-state index contributed by atoms with van der Waals surface area (Å²) in [6.07, 6.45) is 2.09. The number of ether oxygens (including phenoxy) is 2. The maximum Gasteiger partial charge on any atom is 0.319 e. The zero-order valence-electron chi connectivity index (χ0n) is 10.7. The van der Waals surface area contributed by atoms with E-state index in [2.05, 4.69) is 9.97 Å². The zero-order valence-corrected chi connectivity index (χ0v) is 11.5. The van der Waals surface area contributed by atoms with Crippen molar-refractivity contribution in [3.05, 3.63) is 17.4 Å². The first kappa shape index (κ1) is 13.6. The van der Waals surface area contributed by atoms with Gasteiger partial charge in [0.2, 0.25) is 0 Å². The van der Waals surface area contributed by atoms with Gasteiger partial charge in [-0.3, -0.25) is 4.79 Å². The number of nitrogens with zero attached hydrogens (tertiary/aromatic N) is 3. The van der Waals surface area contributed by atoms with Crippen molar-refractivity contribution in [2.75, 3.05) is 13.7 Å². The van der Waals surface area contributed by atoms with Gasteiger partial charge in [0.1, 0.15) is 10.8 Å². The number of aryl methyl sites for hydroxylation is 1. The van der Waals surface area contributed by atoms with Gasteiger partial charge in [-0.15, -0.1) is 0 Å². The number of carbonyl (C=O) groups is 1. The van der Waals surface area contributed by atoms with E-state index >= 15 is 0 Å². The maximum absolute atomic E-state index is 11.3. The van der Waals surface area contributed by atoms with Gasteiger partial charge in [0, 0.05) is 12.7 Å². The molecule has 0 bridgehead atoms. The molecule has 0 N–H and O–H groups in total. The largest absolute Gasteiger partial charge is 0.467 e. The first-order valence-electron chi connectivity index (χ1n) is 5.87. The van der Waals surface area contributed by atoms with Gasteiger partial charge in [-0.25, -0.2) is 0 Å². The number of fused-ring (bicyclic) bond motifs is 1. The van der Waals surface area contributed by atoms with Crippen molar-refractivity contribution in [1.29, 1.82) is 0 Å². The summed E-state index contributed by atoms with van der Waals surface area (Å²) in [5.74, 6) is -0.239. The lowest BCUT2D eigenvalue weighted by atomic mass is 10.4. The summed E-state index contributed by atoms with van der Waals surface area (Å²) in [5.41, 5.74) is 0.640. The van der Waals surface area contributed by atoms with E-state index < -0.39 is 0 Å². The van der Waals surface area contributed by atoms with Crippen molar-refractivity contribution in [3.63, 3.8) is 0 Å². The van der Waals surface area contributed by atoms with Crippen LogP contribution in [0.4, 0.5) is 0 Å². The van der Waals surface area contributed by atoms with E-state index in [-0.39, 0.29) is 18.4 Å². The van der Waals surface area contributed by atoms with E-state index in [1.54, 1.807) is 6.92 Å². The van der Waals surface area contributed by atoms with Crippen LogP contribution >= 0.6 is 11.6 Å². The standard InChI is InChI=1S/C12H14ClN3O3/c1-3-19-9(17)5-7-16-6-4-8-10(13)14-12(18-2)15-11(8)16/h4,6H,3,5,7H2,1-2H3. The van der Waals surface area contributed by atoms with Crippen LogP contribution < -0.4 is 4.74 Å². The third kappa shape index (κ3) is 2.96. The fourth-order valence-electron chi connectivity index (χ4n) is 1.73. The molecule has 102 valence electrons. The Morgan fingerprint density at radius 1 is 1.47 bits per heavy atom. The average molecular weight is 284 g/mol. The molecule has 0 aromatic carbocycles. The number of hydrogen-bond acceptors (Lipinski definition) is 5. The Hall–Kier alpha value is -1.82. The van der Waals surface area contributed by atoms with Crippen molar-refractivity contribution >= 4 is 28.6 Å². The number of halogens is 1. The Morgan fingerprint density at radius 2 is 2.26 bits per heavy atom. The van der Waals surface area contributed by atoms with Gasteiger partial charge in [0.05, 0.1) is 25.5 Å². The molecule has 0 saturated heterocycles. The third-order valence-electron chi connectivity index (χ3n) is 2.60. The van der Waals surface area contributed by atoms with Crippen LogP contribution in [0.15, 0.2) is 12.3 Å². The predicted octanol–water partition coefficient (Wildman–Crippen LogP) is 2.05. The highest BCUT2D eigenvalue weighted by molar-refractivity contribution is 6.34. The van der Waals surface area contributed by atoms with Gasteiger partial charge in [0.25, 0.3) is 0 Å².